The summed E-state index contributed by atoms with van der Waals surface area (Å²) in [6, 6.07) is 5.32. The van der Waals surface area contributed by atoms with E-state index in [1.54, 1.807) is 16.5 Å². The molecule has 0 saturated carbocycles. The van der Waals surface area contributed by atoms with Crippen molar-refractivity contribution >= 4 is 50.3 Å². The maximum absolute atomic E-state index is 10.9. The fourth-order valence-electron chi connectivity index (χ4n) is 1.76. The van der Waals surface area contributed by atoms with Crippen molar-refractivity contribution in [1.82, 2.24) is 14.4 Å². The topological polar surface area (TPSA) is 70.4 Å². The van der Waals surface area contributed by atoms with Crippen molar-refractivity contribution in [3.8, 4) is 0 Å². The number of aromatic nitrogens is 3. The van der Waals surface area contributed by atoms with Crippen LogP contribution >= 0.6 is 27.5 Å². The van der Waals surface area contributed by atoms with E-state index in [1.165, 1.54) is 0 Å². The Morgan fingerprint density at radius 2 is 2.29 bits per heavy atom. The summed E-state index contributed by atoms with van der Waals surface area (Å²) in [7, 11) is 0. The van der Waals surface area contributed by atoms with E-state index in [9.17, 15) is 4.79 Å². The molecule has 0 saturated heterocycles. The zero-order chi connectivity index (χ0) is 12.2. The summed E-state index contributed by atoms with van der Waals surface area (Å²) in [5.74, 6) is -0.615. The largest absolute Gasteiger partial charge is 0.476 e. The Kier molecular flexibility index (Phi) is 2.17. The minimum absolute atomic E-state index is 0.0295. The van der Waals surface area contributed by atoms with Crippen LogP contribution in [-0.4, -0.2) is 25.4 Å². The summed E-state index contributed by atoms with van der Waals surface area (Å²) in [4.78, 5) is 18.0. The minimum atomic E-state index is -1.08. The van der Waals surface area contributed by atoms with Gasteiger partial charge in [0.25, 0.3) is 0 Å². The molecule has 0 amide bonds. The van der Waals surface area contributed by atoms with E-state index in [-0.39, 0.29) is 5.69 Å². The number of carboxylic acids is 1. The van der Waals surface area contributed by atoms with E-state index < -0.39 is 5.97 Å². The number of rotatable bonds is 1. The first-order chi connectivity index (χ1) is 8.08. The van der Waals surface area contributed by atoms with E-state index >= 15 is 0 Å². The highest BCUT2D eigenvalue weighted by atomic mass is 79.9. The summed E-state index contributed by atoms with van der Waals surface area (Å²) in [6.07, 6.45) is 0. The Hall–Kier alpha value is -1.53. The molecule has 0 bridgehead atoms. The third-order valence-corrected chi connectivity index (χ3v) is 3.44. The van der Waals surface area contributed by atoms with E-state index in [1.807, 2.05) is 6.07 Å². The summed E-state index contributed by atoms with van der Waals surface area (Å²) in [6.45, 7) is 0. The van der Waals surface area contributed by atoms with Gasteiger partial charge in [-0.25, -0.2) is 9.78 Å². The standard InChI is InChI=1S/C10H5BrClN3O2/c11-8-7(9(16)17)14-10-13-5-2-1-4(12)3-6(5)15(8)10/h1-3H,(H,13,14)(H,16,17). The molecule has 0 fully saturated rings. The van der Waals surface area contributed by atoms with Crippen LogP contribution in [0.15, 0.2) is 22.8 Å². The maximum atomic E-state index is 10.9. The van der Waals surface area contributed by atoms with Crippen LogP contribution in [0.2, 0.25) is 5.02 Å². The molecule has 0 aliphatic rings. The molecular weight excluding hydrogens is 309 g/mol. The fourth-order valence-corrected chi connectivity index (χ4v) is 2.54. The van der Waals surface area contributed by atoms with Gasteiger partial charge in [0.05, 0.1) is 11.0 Å². The molecule has 0 atom stereocenters. The summed E-state index contributed by atoms with van der Waals surface area (Å²) < 4.78 is 2.07. The van der Waals surface area contributed by atoms with Crippen LogP contribution < -0.4 is 0 Å². The van der Waals surface area contributed by atoms with Crippen LogP contribution in [0.25, 0.3) is 16.8 Å². The van der Waals surface area contributed by atoms with Crippen LogP contribution in [0.1, 0.15) is 10.5 Å². The number of benzene rings is 1. The van der Waals surface area contributed by atoms with Crippen LogP contribution in [0.4, 0.5) is 0 Å². The number of nitrogens with zero attached hydrogens (tertiary/aromatic N) is 2. The first-order valence-electron chi connectivity index (χ1n) is 4.66. The molecule has 5 nitrogen and oxygen atoms in total. The third kappa shape index (κ3) is 1.44. The number of imidazole rings is 2. The summed E-state index contributed by atoms with van der Waals surface area (Å²) in [5.41, 5.74) is 1.59. The molecule has 2 N–H and O–H groups in total. The van der Waals surface area contributed by atoms with Gasteiger partial charge in [-0.2, -0.15) is 0 Å². The third-order valence-electron chi connectivity index (χ3n) is 2.47. The van der Waals surface area contributed by atoms with Crippen LogP contribution in [0, 0.1) is 0 Å². The summed E-state index contributed by atoms with van der Waals surface area (Å²) >= 11 is 9.15. The Labute approximate surface area is 108 Å². The molecule has 0 radical (unpaired) electrons. The minimum Gasteiger partial charge on any atom is -0.476 e. The molecule has 0 aliphatic heterocycles. The number of aromatic carboxylic acids is 1. The molecule has 0 unspecified atom stereocenters. The molecule has 2 heterocycles. The highest BCUT2D eigenvalue weighted by Gasteiger charge is 2.19. The fraction of sp³-hybridized carbons (Fsp3) is 0. The average molecular weight is 315 g/mol. The molecular formula is C10H5BrClN3O2. The molecule has 17 heavy (non-hydrogen) atoms. The van der Waals surface area contributed by atoms with Gasteiger partial charge in [0, 0.05) is 5.02 Å². The van der Waals surface area contributed by atoms with Gasteiger partial charge in [-0.15, -0.1) is 0 Å². The van der Waals surface area contributed by atoms with Crippen LogP contribution in [-0.2, 0) is 0 Å². The highest BCUT2D eigenvalue weighted by Crippen LogP contribution is 2.26. The number of halogens is 2. The van der Waals surface area contributed by atoms with E-state index in [0.29, 0.717) is 15.4 Å². The lowest BCUT2D eigenvalue weighted by molar-refractivity contribution is 0.0690. The molecule has 0 spiro atoms. The number of hydrogen-bond donors (Lipinski definition) is 2. The van der Waals surface area contributed by atoms with Gasteiger partial charge in [0.15, 0.2) is 5.69 Å². The van der Waals surface area contributed by atoms with Crippen molar-refractivity contribution in [2.75, 3.05) is 0 Å². The van der Waals surface area contributed by atoms with Crippen molar-refractivity contribution < 1.29 is 9.90 Å². The predicted molar refractivity (Wildman–Crippen MR) is 66.7 cm³/mol. The van der Waals surface area contributed by atoms with Gasteiger partial charge in [0.2, 0.25) is 5.78 Å². The molecule has 3 aromatic rings. The van der Waals surface area contributed by atoms with Crippen molar-refractivity contribution in [2.24, 2.45) is 0 Å². The number of H-pyrrole nitrogens is 1. The monoisotopic (exact) mass is 313 g/mol. The lowest BCUT2D eigenvalue weighted by atomic mass is 10.3. The van der Waals surface area contributed by atoms with Crippen molar-refractivity contribution in [3.63, 3.8) is 0 Å². The number of hydrogen-bond acceptors (Lipinski definition) is 2. The van der Waals surface area contributed by atoms with E-state index in [2.05, 4.69) is 25.9 Å². The lowest BCUT2D eigenvalue weighted by Gasteiger charge is -1.94. The average Bonchev–Trinajstić information content (AvgIpc) is 2.76. The van der Waals surface area contributed by atoms with Gasteiger partial charge in [-0.1, -0.05) is 11.6 Å². The zero-order valence-corrected chi connectivity index (χ0v) is 10.6. The highest BCUT2D eigenvalue weighted by molar-refractivity contribution is 9.10. The smallest absolute Gasteiger partial charge is 0.357 e. The molecule has 7 heteroatoms. The Morgan fingerprint density at radius 1 is 1.53 bits per heavy atom. The van der Waals surface area contributed by atoms with Crippen molar-refractivity contribution in [1.29, 1.82) is 0 Å². The molecule has 1 aromatic carbocycles. The van der Waals surface area contributed by atoms with Crippen LogP contribution in [0.5, 0.6) is 0 Å². The van der Waals surface area contributed by atoms with Gasteiger partial charge >= 0.3 is 5.97 Å². The molecule has 86 valence electrons. The molecule has 0 aliphatic carbocycles. The second-order valence-electron chi connectivity index (χ2n) is 3.50. The Morgan fingerprint density at radius 3 is 3.00 bits per heavy atom. The van der Waals surface area contributed by atoms with Gasteiger partial charge in [-0.3, -0.25) is 4.40 Å². The van der Waals surface area contributed by atoms with Gasteiger partial charge in [0.1, 0.15) is 4.60 Å². The first kappa shape index (κ1) is 10.6. The normalized spacial score (nSPS) is 11.4. The second kappa shape index (κ2) is 3.48. The van der Waals surface area contributed by atoms with E-state index in [4.69, 9.17) is 16.7 Å². The predicted octanol–water partition coefficient (Wildman–Crippen LogP) is 2.93. The summed E-state index contributed by atoms with van der Waals surface area (Å²) in [5, 5.41) is 9.55. The van der Waals surface area contributed by atoms with Gasteiger partial charge in [-0.05, 0) is 34.1 Å². The Balaban J connectivity index is 2.48. The SMILES string of the molecule is O=C(O)c1nc2[nH]c3ccc(Cl)cc3n2c1Br. The van der Waals surface area contributed by atoms with Crippen molar-refractivity contribution in [2.45, 2.75) is 0 Å². The number of aromatic amines is 1. The van der Waals surface area contributed by atoms with Gasteiger partial charge < -0.3 is 10.1 Å². The maximum Gasteiger partial charge on any atom is 0.357 e. The van der Waals surface area contributed by atoms with E-state index in [0.717, 1.165) is 11.0 Å². The number of nitrogens with one attached hydrogen (secondary N) is 1. The van der Waals surface area contributed by atoms with Crippen molar-refractivity contribution in [3.05, 3.63) is 33.5 Å². The zero-order valence-electron chi connectivity index (χ0n) is 8.24. The quantitative estimate of drug-likeness (QED) is 0.725. The van der Waals surface area contributed by atoms with Crippen LogP contribution in [0.3, 0.4) is 0 Å². The number of fused-ring (bicyclic) bond motifs is 3. The number of carbonyl (C=O) groups is 1. The second-order valence-corrected chi connectivity index (χ2v) is 4.69. The molecule has 3 rings (SSSR count). The Bertz CT molecular complexity index is 762. The number of carboxylic acid groups (broad SMARTS) is 1. The first-order valence-corrected chi connectivity index (χ1v) is 5.83. The molecule has 2 aromatic heterocycles. The lowest BCUT2D eigenvalue weighted by Crippen LogP contribution is -1.97.